The molecular weight excluding hydrogens is 1450 g/mol. The number of nitrogens with zero attached hydrogens (tertiary/aromatic N) is 1. The third-order valence-corrected chi connectivity index (χ3v) is 21.0. The number of carboxylic acid groups (broad SMARTS) is 4. The molecule has 1 fully saturated rings. The molecule has 15 rings (SSSR count). The fourth-order valence-corrected chi connectivity index (χ4v) is 15.6. The van der Waals surface area contributed by atoms with Crippen LogP contribution in [0, 0.1) is 11.7 Å². The van der Waals surface area contributed by atoms with E-state index >= 15 is 0 Å². The second-order valence-electron chi connectivity index (χ2n) is 28.2. The van der Waals surface area contributed by atoms with E-state index in [0.717, 1.165) is 96.3 Å². The standard InChI is InChI=1S/C25H23NO5.C24H20FNO4.C22H23NO4.C21H21NO4/c1-30-17-8-6-7-16(13-17)14-23(24(27)28)26-25(29)31-15-22-20-11-4-2-9-18(20)19-10-3-5-12-21(19)22;25-16-11-9-15(10-12-16)13-22(23(27)28)26-24(29)30-14-21-19-7-3-1-5-17(19)18-6-2-4-8-20(18)21;24-21(25)14-6-5-7-15(12-14)23-22(26)27-13-20-18-10-3-1-8-16(18)17-9-2-4-11-19(17)20;1-2-7-14(12-20(23)24)22-21(25)26-13-19-17-10-5-3-8-15(17)16-9-4-6-11-18(16)19/h2-13,22-23H,14-15H2,1H3,(H,26,29)(H,27,28);1-12,21-22H,13-14H2,(H,26,29)(H,27,28);1-4,8-11,14-15,20H,5-7,12-13H2,(H,23,26)(H,24,25);2-6,8-11,14,19H,1,7,12-13H2,(H,22,25)(H,23,24)/p-1/t23-;22-;14-,15+;14-/m1100/s1. The summed E-state index contributed by atoms with van der Waals surface area (Å²) in [6.45, 7) is 4.26. The first-order valence-electron chi connectivity index (χ1n) is 37.6. The summed E-state index contributed by atoms with van der Waals surface area (Å²) in [5.74, 6) is -4.49. The van der Waals surface area contributed by atoms with Crippen molar-refractivity contribution in [2.24, 2.45) is 10.9 Å². The maximum Gasteiger partial charge on any atom is 0.407 e. The Morgan fingerprint density at radius 2 is 0.816 bits per heavy atom. The number of halogens is 1. The molecule has 114 heavy (non-hydrogen) atoms. The third-order valence-electron chi connectivity index (χ3n) is 21.0. The summed E-state index contributed by atoms with van der Waals surface area (Å²) in [4.78, 5) is 86.3. The number of hydrogen-bond acceptors (Lipinski definition) is 14. The molecule has 584 valence electrons. The molecule has 10 aromatic rings. The number of amides is 3. The Labute approximate surface area is 658 Å². The van der Waals surface area contributed by atoms with Gasteiger partial charge >= 0.3 is 42.2 Å². The van der Waals surface area contributed by atoms with Crippen molar-refractivity contribution in [1.29, 1.82) is 0 Å². The summed E-state index contributed by atoms with van der Waals surface area (Å²) >= 11 is 0. The predicted octanol–water partition coefficient (Wildman–Crippen LogP) is 15.7. The first-order valence-corrected chi connectivity index (χ1v) is 37.6. The van der Waals surface area contributed by atoms with Crippen LogP contribution < -0.4 is 25.8 Å². The number of nitrogens with one attached hydrogen (secondary N) is 3. The van der Waals surface area contributed by atoms with Crippen molar-refractivity contribution in [3.63, 3.8) is 0 Å². The molecule has 5 atom stereocenters. The van der Waals surface area contributed by atoms with Gasteiger partial charge in [0.05, 0.1) is 25.5 Å². The number of carbonyl (C=O) groups excluding carboxylic acids is 3. The van der Waals surface area contributed by atoms with Gasteiger partial charge in [-0.1, -0.05) is 231 Å². The molecule has 0 aliphatic heterocycles. The molecule has 21 nitrogen and oxygen atoms in total. The number of aliphatic carboxylic acids is 4. The van der Waals surface area contributed by atoms with Crippen molar-refractivity contribution in [3.8, 4) is 50.3 Å². The van der Waals surface area contributed by atoms with Crippen LogP contribution in [0.2, 0.25) is 0 Å². The van der Waals surface area contributed by atoms with Crippen LogP contribution in [0.1, 0.15) is 118 Å². The van der Waals surface area contributed by atoms with Gasteiger partial charge in [0.25, 0.3) is 0 Å². The first kappa shape index (κ1) is 80.2. The van der Waals surface area contributed by atoms with E-state index in [4.69, 9.17) is 33.9 Å². The summed E-state index contributed by atoms with van der Waals surface area (Å²) in [6, 6.07) is 74.1. The lowest BCUT2D eigenvalue weighted by Gasteiger charge is -2.26. The van der Waals surface area contributed by atoms with Crippen molar-refractivity contribution < 1.29 is 87.2 Å². The lowest BCUT2D eigenvalue weighted by molar-refractivity contribution is -0.251. The zero-order valence-electron chi connectivity index (χ0n) is 62.5. The SMILES string of the molecule is C=CC[C@@H](CC(=O)O)NC(=O)OCC1c2ccccc2-c2ccccc21.COc1cccc(C[C@@H](NC(=O)OCC2c3ccccc3-c3ccccc32)C(=O)O)c1.O=C(N[C@H](Cc1ccc(F)cc1)C(=O)O)OCC1c2ccccc2-c2ccccc21.O=C(O)[C@H]1CCC[C@@H](N=C([O-])OCC2c3ccccc3-c3ccccc32)C1. The highest BCUT2D eigenvalue weighted by molar-refractivity contribution is 5.85. The van der Waals surface area contributed by atoms with Gasteiger partial charge in [-0.25, -0.2) is 28.4 Å². The van der Waals surface area contributed by atoms with Gasteiger partial charge in [0.2, 0.25) is 0 Å². The number of hydrogen-bond donors (Lipinski definition) is 7. The number of carbonyl (C=O) groups is 7. The normalized spacial score (nSPS) is 15.3. The van der Waals surface area contributed by atoms with Gasteiger partial charge in [0, 0.05) is 49.2 Å². The Balaban J connectivity index is 0.000000141. The minimum absolute atomic E-state index is 0.00896. The molecule has 22 heteroatoms. The number of methoxy groups -OCH3 is 1. The van der Waals surface area contributed by atoms with E-state index in [9.17, 15) is 53.3 Å². The van der Waals surface area contributed by atoms with Crippen molar-refractivity contribution >= 4 is 48.2 Å². The maximum atomic E-state index is 13.0. The van der Waals surface area contributed by atoms with E-state index in [2.05, 4.69) is 76.1 Å². The highest BCUT2D eigenvalue weighted by atomic mass is 19.1. The van der Waals surface area contributed by atoms with E-state index in [1.165, 1.54) is 35.4 Å². The first-order chi connectivity index (χ1) is 55.3. The zero-order valence-corrected chi connectivity index (χ0v) is 62.5. The molecule has 0 saturated heterocycles. The van der Waals surface area contributed by atoms with Gasteiger partial charge < -0.3 is 65.2 Å². The summed E-state index contributed by atoms with van der Waals surface area (Å²) in [5, 5.41) is 56.8. The van der Waals surface area contributed by atoms with E-state index in [0.29, 0.717) is 30.6 Å². The van der Waals surface area contributed by atoms with Gasteiger partial charge in [-0.3, -0.25) is 14.6 Å². The van der Waals surface area contributed by atoms with Crippen molar-refractivity contribution in [2.75, 3.05) is 33.5 Å². The maximum absolute atomic E-state index is 13.0. The van der Waals surface area contributed by atoms with Crippen LogP contribution in [0.15, 0.2) is 260 Å². The topological polar surface area (TPSA) is 318 Å². The van der Waals surface area contributed by atoms with Gasteiger partial charge in [0.15, 0.2) is 0 Å². The van der Waals surface area contributed by atoms with Crippen LogP contribution >= 0.6 is 0 Å². The smallest absolute Gasteiger partial charge is 0.407 e. The van der Waals surface area contributed by atoms with Gasteiger partial charge in [-0.15, -0.1) is 6.58 Å². The Kier molecular flexibility index (Phi) is 26.7. The Hall–Kier alpha value is -13.4. The van der Waals surface area contributed by atoms with E-state index in [1.807, 2.05) is 146 Å². The van der Waals surface area contributed by atoms with Crippen LogP contribution in [0.4, 0.5) is 18.8 Å². The van der Waals surface area contributed by atoms with E-state index < -0.39 is 78.1 Å². The molecule has 10 aromatic carbocycles. The highest BCUT2D eigenvalue weighted by Crippen LogP contribution is 2.48. The van der Waals surface area contributed by atoms with E-state index in [1.54, 1.807) is 37.5 Å². The molecule has 0 aromatic heterocycles. The van der Waals surface area contributed by atoms with E-state index in [-0.39, 0.29) is 75.4 Å². The van der Waals surface area contributed by atoms with Crippen LogP contribution in [0.25, 0.3) is 44.5 Å². The van der Waals surface area contributed by atoms with Crippen LogP contribution in [0.5, 0.6) is 5.75 Å². The van der Waals surface area contributed by atoms with Gasteiger partial charge in [0.1, 0.15) is 49.6 Å². The largest absolute Gasteiger partial charge is 0.599 e. The zero-order chi connectivity index (χ0) is 80.2. The molecular formula is C92H86FN4O17-. The Morgan fingerprint density at radius 3 is 1.16 bits per heavy atom. The fourth-order valence-electron chi connectivity index (χ4n) is 15.6. The number of benzene rings is 10. The number of alkyl carbamates (subject to hydrolysis) is 3. The molecule has 0 heterocycles. The van der Waals surface area contributed by atoms with Crippen molar-refractivity contribution in [2.45, 2.75) is 99.2 Å². The average molecular weight is 1540 g/mol. The van der Waals surface area contributed by atoms with Crippen molar-refractivity contribution in [1.82, 2.24) is 16.0 Å². The van der Waals surface area contributed by atoms with Crippen LogP contribution in [0.3, 0.4) is 0 Å². The molecule has 1 saturated carbocycles. The average Bonchev–Trinajstić information content (AvgIpc) is 1.64. The highest BCUT2D eigenvalue weighted by Gasteiger charge is 2.35. The van der Waals surface area contributed by atoms with Gasteiger partial charge in [-0.2, -0.15) is 0 Å². The second kappa shape index (κ2) is 38.0. The Morgan fingerprint density at radius 1 is 0.465 bits per heavy atom. The number of aliphatic imine (C=N–C) groups is 1. The Bertz CT molecular complexity index is 4980. The summed E-state index contributed by atoms with van der Waals surface area (Å²) < 4.78 is 40.0. The molecule has 0 unspecified atom stereocenters. The molecule has 0 radical (unpaired) electrons. The molecule has 5 aliphatic carbocycles. The predicted molar refractivity (Wildman–Crippen MR) is 426 cm³/mol. The second-order valence-corrected chi connectivity index (χ2v) is 28.2. The lowest BCUT2D eigenvalue weighted by Crippen LogP contribution is -2.42. The third kappa shape index (κ3) is 19.8. The summed E-state index contributed by atoms with van der Waals surface area (Å²) in [7, 11) is 1.54. The monoisotopic (exact) mass is 1540 g/mol. The lowest BCUT2D eigenvalue weighted by atomic mass is 9.86. The number of rotatable bonds is 24. The minimum atomic E-state index is -1.19. The van der Waals surface area contributed by atoms with Crippen LogP contribution in [-0.4, -0.2) is 126 Å². The molecule has 0 spiro atoms. The van der Waals surface area contributed by atoms with Crippen molar-refractivity contribution in [3.05, 3.63) is 317 Å². The molecule has 5 aliphatic rings. The van der Waals surface area contributed by atoms with Gasteiger partial charge in [-0.05, 0) is 150 Å². The minimum Gasteiger partial charge on any atom is -0.599 e. The number of ether oxygens (including phenoxy) is 5. The summed E-state index contributed by atoms with van der Waals surface area (Å²) in [5.41, 5.74) is 19.5. The molecule has 7 N–H and O–H groups in total. The quantitative estimate of drug-likeness (QED) is 0.0128. The number of fused-ring (bicyclic) bond motifs is 12. The molecule has 0 bridgehead atoms. The van der Waals surface area contributed by atoms with Crippen LogP contribution in [-0.2, 0) is 51.0 Å². The number of carboxylic acids is 4. The molecule has 3 amide bonds. The fraction of sp³-hybridized carbons (Fsp3) is 0.239. The summed E-state index contributed by atoms with van der Waals surface area (Å²) in [6.07, 6.45) is 1.78.